The second-order valence-corrected chi connectivity index (χ2v) is 3.51. The van der Waals surface area contributed by atoms with Gasteiger partial charge in [0.2, 0.25) is 5.75 Å². The number of aliphatic imine (C=N–C) groups is 1. The van der Waals surface area contributed by atoms with Gasteiger partial charge in [0.25, 0.3) is 0 Å². The number of phenols is 1. The number of carbonyl (C=O) groups is 1. The van der Waals surface area contributed by atoms with E-state index in [2.05, 4.69) is 10.3 Å². The summed E-state index contributed by atoms with van der Waals surface area (Å²) in [5.74, 6) is -0.344. The molecule has 0 heterocycles. The van der Waals surface area contributed by atoms with Crippen molar-refractivity contribution in [2.24, 2.45) is 16.5 Å². The Morgan fingerprint density at radius 2 is 1.80 bits per heavy atom. The van der Waals surface area contributed by atoms with Crippen LogP contribution in [0.15, 0.2) is 11.1 Å². The highest BCUT2D eigenvalue weighted by atomic mass is 16.5. The molecule has 0 aromatic heterocycles. The van der Waals surface area contributed by atoms with E-state index in [9.17, 15) is 9.90 Å². The van der Waals surface area contributed by atoms with E-state index in [-0.39, 0.29) is 28.7 Å². The van der Waals surface area contributed by atoms with Crippen LogP contribution in [0.5, 0.6) is 23.0 Å². The number of hydrogen-bond donors (Lipinski definition) is 4. The Morgan fingerprint density at radius 1 is 1.20 bits per heavy atom. The molecule has 0 fully saturated rings. The minimum atomic E-state index is -0.825. The Bertz CT molecular complexity index is 540. The number of ether oxygens (including phenoxy) is 3. The molecule has 0 radical (unpaired) electrons. The third kappa shape index (κ3) is 3.13. The van der Waals surface area contributed by atoms with Crippen molar-refractivity contribution in [1.82, 2.24) is 0 Å². The Morgan fingerprint density at radius 3 is 2.25 bits per heavy atom. The Balaban J connectivity index is 3.35. The van der Waals surface area contributed by atoms with Gasteiger partial charge in [-0.2, -0.15) is 4.99 Å². The summed E-state index contributed by atoms with van der Waals surface area (Å²) in [6.45, 7) is 0. The van der Waals surface area contributed by atoms with E-state index in [1.165, 1.54) is 27.4 Å². The quantitative estimate of drug-likeness (QED) is 0.352. The van der Waals surface area contributed by atoms with Gasteiger partial charge < -0.3 is 30.8 Å². The van der Waals surface area contributed by atoms with Gasteiger partial charge in [-0.3, -0.25) is 5.32 Å². The summed E-state index contributed by atoms with van der Waals surface area (Å²) in [5, 5.41) is 12.2. The van der Waals surface area contributed by atoms with Crippen LogP contribution < -0.4 is 31.0 Å². The van der Waals surface area contributed by atoms with Crippen LogP contribution in [0.2, 0.25) is 0 Å². The summed E-state index contributed by atoms with van der Waals surface area (Å²) in [5.41, 5.74) is 10.3. The van der Waals surface area contributed by atoms with Crippen LogP contribution >= 0.6 is 0 Å². The van der Waals surface area contributed by atoms with E-state index < -0.39 is 12.0 Å². The largest absolute Gasteiger partial charge is 0.504 e. The van der Waals surface area contributed by atoms with Crippen molar-refractivity contribution >= 4 is 17.7 Å². The molecule has 20 heavy (non-hydrogen) atoms. The summed E-state index contributed by atoms with van der Waals surface area (Å²) in [4.78, 5) is 14.9. The summed E-state index contributed by atoms with van der Waals surface area (Å²) < 4.78 is 15.2. The highest BCUT2D eigenvalue weighted by Gasteiger charge is 2.22. The average Bonchev–Trinajstić information content (AvgIpc) is 2.38. The van der Waals surface area contributed by atoms with Crippen LogP contribution in [-0.4, -0.2) is 38.4 Å². The smallest absolute Gasteiger partial charge is 0.348 e. The van der Waals surface area contributed by atoms with Gasteiger partial charge in [0.15, 0.2) is 17.5 Å². The number of guanidine groups is 1. The SMILES string of the molecule is COc1cc(O)c(OC)c(OC)c1NC(=O)N=C(N)N. The zero-order valence-corrected chi connectivity index (χ0v) is 11.3. The Labute approximate surface area is 115 Å². The summed E-state index contributed by atoms with van der Waals surface area (Å²) in [6.07, 6.45) is 0. The average molecular weight is 284 g/mol. The minimum Gasteiger partial charge on any atom is -0.504 e. The van der Waals surface area contributed by atoms with Gasteiger partial charge in [0.05, 0.1) is 21.3 Å². The second kappa shape index (κ2) is 6.36. The van der Waals surface area contributed by atoms with Crippen molar-refractivity contribution in [2.45, 2.75) is 0 Å². The van der Waals surface area contributed by atoms with E-state index in [0.717, 1.165) is 0 Å². The lowest BCUT2D eigenvalue weighted by Crippen LogP contribution is -2.25. The van der Waals surface area contributed by atoms with Crippen molar-refractivity contribution in [1.29, 1.82) is 0 Å². The number of nitrogens with zero attached hydrogens (tertiary/aromatic N) is 1. The molecule has 1 aromatic rings. The number of anilines is 1. The Kier molecular flexibility index (Phi) is 4.84. The molecule has 0 atom stereocenters. The van der Waals surface area contributed by atoms with E-state index in [1.54, 1.807) is 0 Å². The van der Waals surface area contributed by atoms with Gasteiger partial charge in [0, 0.05) is 6.07 Å². The maximum absolute atomic E-state index is 11.6. The molecule has 0 spiro atoms. The number of phenolic OH excluding ortho intramolecular Hbond substituents is 1. The number of methoxy groups -OCH3 is 3. The topological polar surface area (TPSA) is 141 Å². The van der Waals surface area contributed by atoms with Crippen LogP contribution in [0.3, 0.4) is 0 Å². The predicted molar refractivity (Wildman–Crippen MR) is 72.6 cm³/mol. The van der Waals surface area contributed by atoms with Crippen molar-refractivity contribution in [3.63, 3.8) is 0 Å². The fourth-order valence-electron chi connectivity index (χ4n) is 1.53. The molecule has 2 amide bonds. The molecule has 1 aromatic carbocycles. The summed E-state index contributed by atoms with van der Waals surface area (Å²) >= 11 is 0. The first kappa shape index (κ1) is 15.2. The standard InChI is InChI=1S/C11H16N4O5/c1-18-6-4-5(16)8(19-2)9(20-3)7(6)14-11(17)15-10(12)13/h4,16H,1-3H3,(H5,12,13,14,15,17). The number of nitrogens with two attached hydrogens (primary N) is 2. The zero-order chi connectivity index (χ0) is 15.3. The number of hydrogen-bond acceptors (Lipinski definition) is 5. The molecular weight excluding hydrogens is 268 g/mol. The van der Waals surface area contributed by atoms with Gasteiger partial charge >= 0.3 is 6.03 Å². The van der Waals surface area contributed by atoms with E-state index in [4.69, 9.17) is 25.7 Å². The molecule has 9 nitrogen and oxygen atoms in total. The van der Waals surface area contributed by atoms with Crippen molar-refractivity contribution in [3.05, 3.63) is 6.07 Å². The van der Waals surface area contributed by atoms with Gasteiger partial charge in [-0.25, -0.2) is 4.79 Å². The van der Waals surface area contributed by atoms with Crippen LogP contribution in [0, 0.1) is 0 Å². The molecule has 0 bridgehead atoms. The highest BCUT2D eigenvalue weighted by Crippen LogP contribution is 2.48. The summed E-state index contributed by atoms with van der Waals surface area (Å²) in [7, 11) is 4.04. The van der Waals surface area contributed by atoms with Gasteiger partial charge in [-0.15, -0.1) is 0 Å². The molecule has 0 unspecified atom stereocenters. The molecule has 0 aliphatic rings. The lowest BCUT2D eigenvalue weighted by molar-refractivity contribution is 0.259. The van der Waals surface area contributed by atoms with Crippen molar-refractivity contribution in [2.75, 3.05) is 26.6 Å². The molecule has 110 valence electrons. The van der Waals surface area contributed by atoms with E-state index in [0.29, 0.717) is 0 Å². The van der Waals surface area contributed by atoms with Gasteiger partial charge in [-0.1, -0.05) is 0 Å². The molecule has 0 saturated heterocycles. The summed E-state index contributed by atoms with van der Waals surface area (Å²) in [6, 6.07) is 0.432. The third-order valence-electron chi connectivity index (χ3n) is 2.27. The monoisotopic (exact) mass is 284 g/mol. The normalized spacial score (nSPS) is 9.55. The predicted octanol–water partition coefficient (Wildman–Crippen LogP) is 0.223. The van der Waals surface area contributed by atoms with E-state index >= 15 is 0 Å². The zero-order valence-electron chi connectivity index (χ0n) is 11.3. The number of benzene rings is 1. The lowest BCUT2D eigenvalue weighted by Gasteiger charge is -2.17. The van der Waals surface area contributed by atoms with Gasteiger partial charge in [-0.05, 0) is 0 Å². The number of carbonyl (C=O) groups excluding carboxylic acids is 1. The fourth-order valence-corrected chi connectivity index (χ4v) is 1.53. The number of amides is 2. The van der Waals surface area contributed by atoms with E-state index in [1.807, 2.05) is 0 Å². The van der Waals surface area contributed by atoms with Crippen LogP contribution in [0.4, 0.5) is 10.5 Å². The number of rotatable bonds is 4. The third-order valence-corrected chi connectivity index (χ3v) is 2.27. The van der Waals surface area contributed by atoms with Crippen molar-refractivity contribution < 1.29 is 24.1 Å². The molecule has 0 aliphatic heterocycles. The molecule has 0 aliphatic carbocycles. The van der Waals surface area contributed by atoms with Crippen molar-refractivity contribution in [3.8, 4) is 23.0 Å². The first-order chi connectivity index (χ1) is 9.44. The van der Waals surface area contributed by atoms with Crippen LogP contribution in [0.25, 0.3) is 0 Å². The number of aromatic hydroxyl groups is 1. The fraction of sp³-hybridized carbons (Fsp3) is 0.273. The number of nitrogens with one attached hydrogen (secondary N) is 1. The maximum atomic E-state index is 11.6. The second-order valence-electron chi connectivity index (χ2n) is 3.51. The van der Waals surface area contributed by atoms with Gasteiger partial charge in [0.1, 0.15) is 11.4 Å². The van der Waals surface area contributed by atoms with Crippen LogP contribution in [-0.2, 0) is 0 Å². The van der Waals surface area contributed by atoms with Crippen LogP contribution in [0.1, 0.15) is 0 Å². The number of urea groups is 1. The molecule has 6 N–H and O–H groups in total. The first-order valence-corrected chi connectivity index (χ1v) is 5.37. The molecular formula is C11H16N4O5. The lowest BCUT2D eigenvalue weighted by atomic mass is 10.2. The maximum Gasteiger partial charge on any atom is 0.348 e. The minimum absolute atomic E-state index is 0.0355. The highest BCUT2D eigenvalue weighted by molar-refractivity contribution is 6.00. The molecule has 0 saturated carbocycles. The Hall–Kier alpha value is -2.84. The molecule has 1 rings (SSSR count). The first-order valence-electron chi connectivity index (χ1n) is 5.37. The molecule has 9 heteroatoms.